The number of nitrogen functional groups attached to an aromatic ring is 1. The zero-order valence-electron chi connectivity index (χ0n) is 11.1. The number of anilines is 2. The molecule has 102 valence electrons. The molecule has 1 aromatic heterocycles. The third kappa shape index (κ3) is 2.49. The van der Waals surface area contributed by atoms with Gasteiger partial charge in [-0.3, -0.25) is 5.10 Å². The van der Waals surface area contributed by atoms with Gasteiger partial charge in [0.25, 0.3) is 0 Å². The first kappa shape index (κ1) is 13.0. The number of nitrogens with zero attached hydrogens (tertiary/aromatic N) is 2. The first-order valence-corrected chi connectivity index (χ1v) is 7.11. The highest BCUT2D eigenvalue weighted by molar-refractivity contribution is 9.10. The zero-order chi connectivity index (χ0) is 14.1. The fraction of sp³-hybridized carbons (Fsp3) is 0.133. The van der Waals surface area contributed by atoms with Gasteiger partial charge >= 0.3 is 0 Å². The summed E-state index contributed by atoms with van der Waals surface area (Å²) in [5.74, 6) is 0. The van der Waals surface area contributed by atoms with Crippen LogP contribution >= 0.6 is 15.9 Å². The molecule has 0 saturated carbocycles. The molecule has 0 aliphatic carbocycles. The minimum Gasteiger partial charge on any atom is -0.397 e. The van der Waals surface area contributed by atoms with Crippen LogP contribution in [0.3, 0.4) is 0 Å². The molecule has 20 heavy (non-hydrogen) atoms. The number of halogens is 1. The molecule has 0 atom stereocenters. The molecule has 5 heteroatoms. The highest BCUT2D eigenvalue weighted by Gasteiger charge is 2.09. The Kier molecular flexibility index (Phi) is 3.36. The Morgan fingerprint density at radius 2 is 2.00 bits per heavy atom. The van der Waals surface area contributed by atoms with Gasteiger partial charge in [-0.1, -0.05) is 28.1 Å². The Labute approximate surface area is 125 Å². The molecule has 0 aliphatic rings. The minimum absolute atomic E-state index is 0.763. The summed E-state index contributed by atoms with van der Waals surface area (Å²) in [4.78, 5) is 2.14. The SMILES string of the molecule is CN(Cc1ccc(Br)cc1)c1cc2[nH]ncc2cc1N. The second kappa shape index (κ2) is 5.17. The van der Waals surface area contributed by atoms with E-state index in [0.29, 0.717) is 0 Å². The van der Waals surface area contributed by atoms with Crippen LogP contribution in [0.2, 0.25) is 0 Å². The van der Waals surface area contributed by atoms with Gasteiger partial charge < -0.3 is 10.6 Å². The van der Waals surface area contributed by atoms with Gasteiger partial charge in [0.1, 0.15) is 0 Å². The van der Waals surface area contributed by atoms with Gasteiger partial charge in [-0.2, -0.15) is 5.10 Å². The molecule has 3 N–H and O–H groups in total. The smallest absolute Gasteiger partial charge is 0.0672 e. The van der Waals surface area contributed by atoms with Gasteiger partial charge in [0.2, 0.25) is 0 Å². The standard InChI is InChI=1S/C15H15BrN4/c1-20(9-10-2-4-12(16)5-3-10)15-7-14-11(6-13(15)17)8-18-19-14/h2-8H,9,17H2,1H3,(H,18,19). The van der Waals surface area contributed by atoms with Crippen LogP contribution in [0.1, 0.15) is 5.56 Å². The predicted octanol–water partition coefficient (Wildman–Crippen LogP) is 3.54. The number of fused-ring (bicyclic) bond motifs is 1. The van der Waals surface area contributed by atoms with Crippen molar-refractivity contribution in [2.45, 2.75) is 6.54 Å². The normalized spacial score (nSPS) is 10.9. The second-order valence-corrected chi connectivity index (χ2v) is 5.77. The number of benzene rings is 2. The lowest BCUT2D eigenvalue weighted by molar-refractivity contribution is 0.925. The van der Waals surface area contributed by atoms with E-state index in [1.807, 2.05) is 31.3 Å². The molecular weight excluding hydrogens is 316 g/mol. The summed E-state index contributed by atoms with van der Waals surface area (Å²) in [7, 11) is 2.04. The van der Waals surface area contributed by atoms with Gasteiger partial charge in [-0.25, -0.2) is 0 Å². The molecule has 0 fully saturated rings. The van der Waals surface area contributed by atoms with Crippen LogP contribution in [0, 0.1) is 0 Å². The molecule has 0 spiro atoms. The molecule has 0 saturated heterocycles. The summed E-state index contributed by atoms with van der Waals surface area (Å²) in [6.45, 7) is 0.803. The Morgan fingerprint density at radius 1 is 1.25 bits per heavy atom. The lowest BCUT2D eigenvalue weighted by atomic mass is 10.1. The summed E-state index contributed by atoms with van der Waals surface area (Å²) in [6.07, 6.45) is 1.78. The molecule has 0 unspecified atom stereocenters. The Morgan fingerprint density at radius 3 is 2.75 bits per heavy atom. The number of H-pyrrole nitrogens is 1. The second-order valence-electron chi connectivity index (χ2n) is 4.85. The molecule has 3 aromatic rings. The van der Waals surface area contributed by atoms with E-state index in [9.17, 15) is 0 Å². The van der Waals surface area contributed by atoms with E-state index in [0.717, 1.165) is 33.3 Å². The lowest BCUT2D eigenvalue weighted by Crippen LogP contribution is -2.17. The van der Waals surface area contributed by atoms with Crippen molar-refractivity contribution in [2.24, 2.45) is 0 Å². The van der Waals surface area contributed by atoms with Crippen LogP contribution in [0.4, 0.5) is 11.4 Å². The quantitative estimate of drug-likeness (QED) is 0.722. The molecule has 4 nitrogen and oxygen atoms in total. The lowest BCUT2D eigenvalue weighted by Gasteiger charge is -2.21. The Bertz CT molecular complexity index is 733. The molecule has 0 aliphatic heterocycles. The molecule has 0 bridgehead atoms. The molecule has 0 amide bonds. The number of rotatable bonds is 3. The monoisotopic (exact) mass is 330 g/mol. The first-order chi connectivity index (χ1) is 9.63. The van der Waals surface area contributed by atoms with Crippen molar-refractivity contribution in [3.8, 4) is 0 Å². The molecule has 3 rings (SSSR count). The van der Waals surface area contributed by atoms with Crippen LogP contribution in [0.15, 0.2) is 47.1 Å². The van der Waals surface area contributed by atoms with Crippen molar-refractivity contribution in [1.82, 2.24) is 10.2 Å². The first-order valence-electron chi connectivity index (χ1n) is 6.31. The van der Waals surface area contributed by atoms with Gasteiger partial charge in [-0.05, 0) is 29.8 Å². The Hall–Kier alpha value is -2.01. The number of hydrogen-bond acceptors (Lipinski definition) is 3. The minimum atomic E-state index is 0.763. The van der Waals surface area contributed by atoms with Crippen molar-refractivity contribution in [1.29, 1.82) is 0 Å². The maximum Gasteiger partial charge on any atom is 0.0672 e. The van der Waals surface area contributed by atoms with Crippen molar-refractivity contribution >= 4 is 38.2 Å². The van der Waals surface area contributed by atoms with Crippen LogP contribution in [-0.4, -0.2) is 17.2 Å². The highest BCUT2D eigenvalue weighted by Crippen LogP contribution is 2.28. The predicted molar refractivity (Wildman–Crippen MR) is 86.8 cm³/mol. The summed E-state index contributed by atoms with van der Waals surface area (Å²) in [5, 5.41) is 8.04. The number of aromatic nitrogens is 2. The number of nitrogens with two attached hydrogens (primary N) is 1. The van der Waals surface area contributed by atoms with E-state index in [1.165, 1.54) is 5.56 Å². The van der Waals surface area contributed by atoms with Crippen LogP contribution in [-0.2, 0) is 6.54 Å². The number of aromatic amines is 1. The number of hydrogen-bond donors (Lipinski definition) is 2. The van der Waals surface area contributed by atoms with Crippen LogP contribution in [0.5, 0.6) is 0 Å². The van der Waals surface area contributed by atoms with E-state index in [-0.39, 0.29) is 0 Å². The Balaban J connectivity index is 1.89. The molecule has 1 heterocycles. The maximum atomic E-state index is 6.13. The van der Waals surface area contributed by atoms with Crippen LogP contribution < -0.4 is 10.6 Å². The van der Waals surface area contributed by atoms with Gasteiger partial charge in [0.05, 0.1) is 23.1 Å². The zero-order valence-corrected chi connectivity index (χ0v) is 12.7. The average Bonchev–Trinajstić information content (AvgIpc) is 2.87. The third-order valence-corrected chi connectivity index (χ3v) is 3.86. The van der Waals surface area contributed by atoms with Gasteiger partial charge in [0, 0.05) is 23.5 Å². The van der Waals surface area contributed by atoms with E-state index in [1.54, 1.807) is 6.20 Å². The van der Waals surface area contributed by atoms with Crippen molar-refractivity contribution in [3.63, 3.8) is 0 Å². The number of nitrogens with one attached hydrogen (secondary N) is 1. The van der Waals surface area contributed by atoms with Crippen molar-refractivity contribution in [3.05, 3.63) is 52.6 Å². The summed E-state index contributed by atoms with van der Waals surface area (Å²) < 4.78 is 1.09. The average molecular weight is 331 g/mol. The van der Waals surface area contributed by atoms with Crippen molar-refractivity contribution < 1.29 is 0 Å². The molecule has 0 radical (unpaired) electrons. The summed E-state index contributed by atoms with van der Waals surface area (Å²) in [5.41, 5.74) is 10.1. The molecule has 2 aromatic carbocycles. The van der Waals surface area contributed by atoms with Crippen LogP contribution in [0.25, 0.3) is 10.9 Å². The van der Waals surface area contributed by atoms with Gasteiger partial charge in [0.15, 0.2) is 0 Å². The summed E-state index contributed by atoms with van der Waals surface area (Å²) in [6, 6.07) is 12.3. The van der Waals surface area contributed by atoms with E-state index < -0.39 is 0 Å². The fourth-order valence-electron chi connectivity index (χ4n) is 2.28. The highest BCUT2D eigenvalue weighted by atomic mass is 79.9. The van der Waals surface area contributed by atoms with Gasteiger partial charge in [-0.15, -0.1) is 0 Å². The van der Waals surface area contributed by atoms with Crippen molar-refractivity contribution in [2.75, 3.05) is 17.7 Å². The van der Waals surface area contributed by atoms with E-state index >= 15 is 0 Å². The topological polar surface area (TPSA) is 57.9 Å². The third-order valence-electron chi connectivity index (χ3n) is 3.33. The van der Waals surface area contributed by atoms with E-state index in [2.05, 4.69) is 43.2 Å². The van der Waals surface area contributed by atoms with E-state index in [4.69, 9.17) is 5.73 Å². The summed E-state index contributed by atoms with van der Waals surface area (Å²) >= 11 is 3.45. The largest absolute Gasteiger partial charge is 0.397 e. The molecular formula is C15H15BrN4. The maximum absolute atomic E-state index is 6.13. The fourth-order valence-corrected chi connectivity index (χ4v) is 2.54.